The number of hydrogen-bond acceptors (Lipinski definition) is 7. The molecule has 0 radical (unpaired) electrons. The summed E-state index contributed by atoms with van der Waals surface area (Å²) in [6.07, 6.45) is 0.393. The van der Waals surface area contributed by atoms with Crippen molar-refractivity contribution in [3.8, 4) is 22.8 Å². The summed E-state index contributed by atoms with van der Waals surface area (Å²) in [5.74, 6) is -0.815. The van der Waals surface area contributed by atoms with Crippen molar-refractivity contribution in [2.24, 2.45) is 0 Å². The lowest BCUT2D eigenvalue weighted by Crippen LogP contribution is -2.40. The van der Waals surface area contributed by atoms with Crippen molar-refractivity contribution >= 4 is 22.6 Å². The Kier molecular flexibility index (Phi) is 6.44. The van der Waals surface area contributed by atoms with Gasteiger partial charge in [0.05, 0.1) is 17.7 Å². The van der Waals surface area contributed by atoms with E-state index in [0.29, 0.717) is 48.7 Å². The number of piperidine rings is 1. The highest BCUT2D eigenvalue weighted by atomic mass is 35.5. The second-order valence-electron chi connectivity index (χ2n) is 8.25. The van der Waals surface area contributed by atoms with Gasteiger partial charge in [0, 0.05) is 42.8 Å². The zero-order valence-corrected chi connectivity index (χ0v) is 18.7. The van der Waals surface area contributed by atoms with Gasteiger partial charge in [0.1, 0.15) is 28.2 Å². The monoisotopic (exact) mass is 459 g/mol. The molecule has 170 valence electrons. The first-order valence-electron chi connectivity index (χ1n) is 10.5. The van der Waals surface area contributed by atoms with Gasteiger partial charge in [0.15, 0.2) is 5.43 Å². The molecule has 1 aliphatic rings. The number of halogens is 1. The minimum Gasteiger partial charge on any atom is -0.507 e. The normalized spacial score (nSPS) is 19.5. The molecular weight excluding hydrogens is 434 g/mol. The summed E-state index contributed by atoms with van der Waals surface area (Å²) < 4.78 is 11.3. The average molecular weight is 460 g/mol. The molecule has 0 aliphatic carbocycles. The Bertz CT molecular complexity index is 1210. The van der Waals surface area contributed by atoms with E-state index in [1.165, 1.54) is 6.07 Å². The van der Waals surface area contributed by atoms with Gasteiger partial charge in [-0.2, -0.15) is 0 Å². The van der Waals surface area contributed by atoms with Crippen molar-refractivity contribution < 1.29 is 24.5 Å². The highest BCUT2D eigenvalue weighted by Gasteiger charge is 2.33. The van der Waals surface area contributed by atoms with Crippen LogP contribution in [-0.4, -0.2) is 60.2 Å². The highest BCUT2D eigenvalue weighted by Crippen LogP contribution is 2.43. The number of rotatable bonds is 5. The van der Waals surface area contributed by atoms with Crippen molar-refractivity contribution in [1.29, 1.82) is 0 Å². The number of fused-ring (bicyclic) bond motifs is 1. The van der Waals surface area contributed by atoms with E-state index in [-0.39, 0.29) is 28.2 Å². The molecule has 1 aliphatic heterocycles. The molecule has 0 amide bonds. The Morgan fingerprint density at radius 2 is 2.03 bits per heavy atom. The fraction of sp³-hybridized carbons (Fsp3) is 0.375. The van der Waals surface area contributed by atoms with Crippen molar-refractivity contribution in [3.63, 3.8) is 0 Å². The molecule has 8 heteroatoms. The largest absolute Gasteiger partial charge is 0.507 e. The molecule has 2 atom stereocenters. The SMILES string of the molecule is COCCc1cccc(-c2cc(=O)c3c(O)cc(O)c([C@H]4CCN(C)C[C@H]4O)c3o2)c1Cl. The van der Waals surface area contributed by atoms with Crippen molar-refractivity contribution in [2.45, 2.75) is 24.9 Å². The third-order valence-corrected chi connectivity index (χ3v) is 6.52. The molecule has 1 saturated heterocycles. The number of phenols is 2. The number of ether oxygens (including phenoxy) is 1. The van der Waals surface area contributed by atoms with Gasteiger partial charge in [-0.3, -0.25) is 4.79 Å². The van der Waals surface area contributed by atoms with Gasteiger partial charge in [-0.15, -0.1) is 0 Å². The van der Waals surface area contributed by atoms with Crippen LogP contribution >= 0.6 is 11.6 Å². The van der Waals surface area contributed by atoms with E-state index in [0.717, 1.165) is 11.6 Å². The number of aliphatic hydroxyl groups excluding tert-OH is 1. The van der Waals surface area contributed by atoms with E-state index in [1.54, 1.807) is 13.2 Å². The van der Waals surface area contributed by atoms with Crippen molar-refractivity contribution in [1.82, 2.24) is 4.90 Å². The van der Waals surface area contributed by atoms with Gasteiger partial charge in [0.2, 0.25) is 0 Å². The molecule has 2 aromatic carbocycles. The molecule has 2 heterocycles. The van der Waals surface area contributed by atoms with Crippen LogP contribution in [0, 0.1) is 0 Å². The minimum atomic E-state index is -0.762. The van der Waals surface area contributed by atoms with E-state index in [4.69, 9.17) is 20.8 Å². The molecule has 0 unspecified atom stereocenters. The Balaban J connectivity index is 1.92. The quantitative estimate of drug-likeness (QED) is 0.536. The highest BCUT2D eigenvalue weighted by molar-refractivity contribution is 6.34. The van der Waals surface area contributed by atoms with Gasteiger partial charge < -0.3 is 29.4 Å². The fourth-order valence-electron chi connectivity index (χ4n) is 4.41. The summed E-state index contributed by atoms with van der Waals surface area (Å²) in [6, 6.07) is 7.86. The van der Waals surface area contributed by atoms with E-state index in [9.17, 15) is 20.1 Å². The number of likely N-dealkylation sites (N-methyl/N-ethyl adjacent to an activating group) is 1. The number of methoxy groups -OCH3 is 1. The topological polar surface area (TPSA) is 103 Å². The molecule has 3 aromatic rings. The lowest BCUT2D eigenvalue weighted by Gasteiger charge is -2.34. The van der Waals surface area contributed by atoms with Gasteiger partial charge in [-0.05, 0) is 38.1 Å². The molecule has 1 fully saturated rings. The van der Waals surface area contributed by atoms with Crippen LogP contribution in [0.2, 0.25) is 5.02 Å². The van der Waals surface area contributed by atoms with E-state index in [2.05, 4.69) is 0 Å². The summed E-state index contributed by atoms with van der Waals surface area (Å²) in [5.41, 5.74) is 1.30. The maximum atomic E-state index is 13.0. The molecule has 3 N–H and O–H groups in total. The van der Waals surface area contributed by atoms with Crippen LogP contribution in [0.3, 0.4) is 0 Å². The summed E-state index contributed by atoms with van der Waals surface area (Å²) in [6.45, 7) is 1.62. The van der Waals surface area contributed by atoms with Gasteiger partial charge in [0.25, 0.3) is 0 Å². The van der Waals surface area contributed by atoms with Crippen LogP contribution in [0.4, 0.5) is 0 Å². The third-order valence-electron chi connectivity index (χ3n) is 6.07. The van der Waals surface area contributed by atoms with Gasteiger partial charge in [-0.1, -0.05) is 23.7 Å². The van der Waals surface area contributed by atoms with Crippen molar-refractivity contribution in [3.05, 3.63) is 56.7 Å². The Morgan fingerprint density at radius 1 is 1.25 bits per heavy atom. The van der Waals surface area contributed by atoms with Crippen LogP contribution < -0.4 is 5.43 Å². The molecule has 1 aromatic heterocycles. The third kappa shape index (κ3) is 4.09. The first-order valence-corrected chi connectivity index (χ1v) is 10.9. The van der Waals surface area contributed by atoms with Crippen LogP contribution in [0.25, 0.3) is 22.3 Å². The Morgan fingerprint density at radius 3 is 2.75 bits per heavy atom. The number of aliphatic hydroxyl groups is 1. The molecule has 0 spiro atoms. The molecular formula is C24H26ClNO6. The maximum absolute atomic E-state index is 13.0. The van der Waals surface area contributed by atoms with Gasteiger partial charge >= 0.3 is 0 Å². The molecule has 4 rings (SSSR count). The lowest BCUT2D eigenvalue weighted by atomic mass is 9.85. The zero-order chi connectivity index (χ0) is 23.0. The molecule has 0 bridgehead atoms. The summed E-state index contributed by atoms with van der Waals surface area (Å²) in [7, 11) is 3.52. The predicted octanol–water partition coefficient (Wildman–Crippen LogP) is 3.49. The molecule has 32 heavy (non-hydrogen) atoms. The second kappa shape index (κ2) is 9.11. The zero-order valence-electron chi connectivity index (χ0n) is 18.0. The fourth-order valence-corrected chi connectivity index (χ4v) is 4.73. The Hall–Kier alpha value is -2.58. The summed E-state index contributed by atoms with van der Waals surface area (Å²) in [4.78, 5) is 15.0. The summed E-state index contributed by atoms with van der Waals surface area (Å²) >= 11 is 6.61. The first kappa shape index (κ1) is 22.6. The molecule has 0 saturated carbocycles. The smallest absolute Gasteiger partial charge is 0.197 e. The van der Waals surface area contributed by atoms with E-state index in [1.807, 2.05) is 24.1 Å². The molecule has 7 nitrogen and oxygen atoms in total. The van der Waals surface area contributed by atoms with Gasteiger partial charge in [-0.25, -0.2) is 0 Å². The number of nitrogens with zero attached hydrogens (tertiary/aromatic N) is 1. The number of phenolic OH excluding ortho intramolecular Hbond substituents is 2. The number of hydrogen-bond donors (Lipinski definition) is 3. The van der Waals surface area contributed by atoms with E-state index < -0.39 is 17.5 Å². The number of aromatic hydroxyl groups is 2. The average Bonchev–Trinajstić information content (AvgIpc) is 2.73. The maximum Gasteiger partial charge on any atom is 0.197 e. The number of β-amino-alcohol motifs (C(OH)–C–C–N with tert-alkyl or cyclic N) is 1. The number of likely N-dealkylation sites (tertiary alicyclic amines) is 1. The van der Waals surface area contributed by atoms with Crippen LogP contribution in [0.1, 0.15) is 23.5 Å². The first-order chi connectivity index (χ1) is 15.3. The van der Waals surface area contributed by atoms with E-state index >= 15 is 0 Å². The standard InChI is InChI=1S/C24H26ClNO6/c1-26-8-6-14(19(30)12-26)21-16(27)10-17(28)22-18(29)11-20(32-24(21)22)15-5-3-4-13(23(15)25)7-9-31-2/h3-5,10-11,14,19,27-28,30H,6-9,12H2,1-2H3/t14-,19+/m0/s1. The van der Waals surface area contributed by atoms with Crippen LogP contribution in [0.5, 0.6) is 11.5 Å². The predicted molar refractivity (Wildman–Crippen MR) is 123 cm³/mol. The second-order valence-corrected chi connectivity index (χ2v) is 8.63. The lowest BCUT2D eigenvalue weighted by molar-refractivity contribution is 0.0630. The minimum absolute atomic E-state index is 0.0284. The van der Waals surface area contributed by atoms with Crippen molar-refractivity contribution in [2.75, 3.05) is 33.9 Å². The summed E-state index contributed by atoms with van der Waals surface area (Å²) in [5, 5.41) is 32.2. The number of benzene rings is 2. The van der Waals surface area contributed by atoms with Crippen LogP contribution in [0.15, 0.2) is 39.5 Å². The van der Waals surface area contributed by atoms with Crippen LogP contribution in [-0.2, 0) is 11.2 Å². The Labute approximate surface area is 190 Å².